The Balaban J connectivity index is 2.25. The van der Waals surface area contributed by atoms with Gasteiger partial charge in [0.2, 0.25) is 0 Å². The molecule has 0 aromatic heterocycles. The lowest BCUT2D eigenvalue weighted by Gasteiger charge is -2.09. The number of carboxylic acid groups (broad SMARTS) is 1. The molecule has 3 rings (SSSR count). The fourth-order valence-corrected chi connectivity index (χ4v) is 2.76. The van der Waals surface area contributed by atoms with Crippen LogP contribution in [0.4, 0.5) is 0 Å². The van der Waals surface area contributed by atoms with E-state index in [1.54, 1.807) is 13.2 Å². The number of aliphatic carboxylic acids is 1. The van der Waals surface area contributed by atoms with Gasteiger partial charge in [-0.15, -0.1) is 0 Å². The first kappa shape index (κ1) is 13.4. The number of hydrogen-bond donors (Lipinski definition) is 2. The van der Waals surface area contributed by atoms with Gasteiger partial charge in [-0.3, -0.25) is 0 Å². The van der Waals surface area contributed by atoms with Crippen LogP contribution < -0.4 is 10.5 Å². The summed E-state index contributed by atoms with van der Waals surface area (Å²) in [5, 5.41) is 9.54. The summed E-state index contributed by atoms with van der Waals surface area (Å²) in [6.07, 6.45) is 0. The van der Waals surface area contributed by atoms with Crippen LogP contribution in [0, 0.1) is 0 Å². The van der Waals surface area contributed by atoms with Crippen molar-refractivity contribution in [3.05, 3.63) is 70.8 Å². The first-order valence-corrected chi connectivity index (χ1v) is 6.60. The van der Waals surface area contributed by atoms with Crippen molar-refractivity contribution in [2.75, 3.05) is 7.11 Å². The van der Waals surface area contributed by atoms with Crippen molar-refractivity contribution >= 4 is 11.5 Å². The molecule has 2 aromatic carbocycles. The number of benzene rings is 2. The van der Waals surface area contributed by atoms with Gasteiger partial charge in [0.25, 0.3) is 0 Å². The summed E-state index contributed by atoms with van der Waals surface area (Å²) in [4.78, 5) is 11.6. The second kappa shape index (κ2) is 5.07. The van der Waals surface area contributed by atoms with Gasteiger partial charge in [-0.05, 0) is 28.8 Å². The summed E-state index contributed by atoms with van der Waals surface area (Å²) >= 11 is 0. The molecule has 106 valence electrons. The smallest absolute Gasteiger partial charge is 0.334 e. The normalized spacial score (nSPS) is 16.8. The second-order valence-electron chi connectivity index (χ2n) is 4.89. The summed E-state index contributed by atoms with van der Waals surface area (Å²) < 4.78 is 5.20. The molecule has 2 aromatic rings. The van der Waals surface area contributed by atoms with E-state index >= 15 is 0 Å². The maximum Gasteiger partial charge on any atom is 0.334 e. The van der Waals surface area contributed by atoms with Crippen LogP contribution in [0.1, 0.15) is 22.7 Å². The second-order valence-corrected chi connectivity index (χ2v) is 4.89. The van der Waals surface area contributed by atoms with Crippen LogP contribution in [-0.4, -0.2) is 18.2 Å². The van der Waals surface area contributed by atoms with E-state index in [2.05, 4.69) is 0 Å². The van der Waals surface area contributed by atoms with Crippen LogP contribution in [0.3, 0.4) is 0 Å². The van der Waals surface area contributed by atoms with Crippen LogP contribution >= 0.6 is 0 Å². The van der Waals surface area contributed by atoms with E-state index < -0.39 is 12.0 Å². The summed E-state index contributed by atoms with van der Waals surface area (Å²) in [7, 11) is 1.58. The molecule has 0 radical (unpaired) electrons. The van der Waals surface area contributed by atoms with Crippen molar-refractivity contribution in [3.63, 3.8) is 0 Å². The number of carbonyl (C=O) groups is 1. The quantitative estimate of drug-likeness (QED) is 0.907. The third-order valence-corrected chi connectivity index (χ3v) is 3.74. The topological polar surface area (TPSA) is 72.5 Å². The summed E-state index contributed by atoms with van der Waals surface area (Å²) in [6, 6.07) is 14.3. The van der Waals surface area contributed by atoms with E-state index in [4.69, 9.17) is 10.5 Å². The molecule has 0 heterocycles. The molecule has 0 amide bonds. The Kier molecular flexibility index (Phi) is 3.23. The fourth-order valence-electron chi connectivity index (χ4n) is 2.76. The molecule has 1 unspecified atom stereocenters. The Morgan fingerprint density at radius 3 is 2.52 bits per heavy atom. The Hall–Kier alpha value is -2.59. The Morgan fingerprint density at radius 1 is 1.19 bits per heavy atom. The molecule has 3 N–H and O–H groups in total. The largest absolute Gasteiger partial charge is 0.497 e. The van der Waals surface area contributed by atoms with Crippen LogP contribution in [0.25, 0.3) is 5.57 Å². The highest BCUT2D eigenvalue weighted by molar-refractivity contribution is 6.05. The number of carboxylic acids is 1. The fraction of sp³-hybridized carbons (Fsp3) is 0.118. The van der Waals surface area contributed by atoms with Gasteiger partial charge in [-0.1, -0.05) is 36.4 Å². The van der Waals surface area contributed by atoms with E-state index in [9.17, 15) is 9.90 Å². The van der Waals surface area contributed by atoms with Crippen LogP contribution in [0.5, 0.6) is 5.75 Å². The zero-order valence-corrected chi connectivity index (χ0v) is 11.5. The average Bonchev–Trinajstić information content (AvgIpc) is 2.81. The van der Waals surface area contributed by atoms with Gasteiger partial charge >= 0.3 is 5.97 Å². The van der Waals surface area contributed by atoms with Gasteiger partial charge in [0.05, 0.1) is 18.7 Å². The van der Waals surface area contributed by atoms with E-state index in [0.29, 0.717) is 11.3 Å². The molecule has 0 saturated carbocycles. The lowest BCUT2D eigenvalue weighted by molar-refractivity contribution is -0.132. The van der Waals surface area contributed by atoms with Crippen molar-refractivity contribution in [1.29, 1.82) is 0 Å². The number of rotatable bonds is 3. The molecule has 1 atom stereocenters. The Morgan fingerprint density at radius 2 is 1.90 bits per heavy atom. The highest BCUT2D eigenvalue weighted by Crippen LogP contribution is 2.43. The van der Waals surface area contributed by atoms with Crippen molar-refractivity contribution in [2.24, 2.45) is 5.73 Å². The molecule has 0 fully saturated rings. The predicted octanol–water partition coefficient (Wildman–Crippen LogP) is 2.60. The highest BCUT2D eigenvalue weighted by atomic mass is 16.5. The number of hydrogen-bond acceptors (Lipinski definition) is 3. The molecule has 0 spiro atoms. The molecule has 0 bridgehead atoms. The van der Waals surface area contributed by atoms with Crippen LogP contribution in [-0.2, 0) is 4.79 Å². The van der Waals surface area contributed by atoms with Crippen LogP contribution in [0.2, 0.25) is 0 Å². The predicted molar refractivity (Wildman–Crippen MR) is 80.0 cm³/mol. The van der Waals surface area contributed by atoms with E-state index in [1.807, 2.05) is 42.5 Å². The average molecular weight is 281 g/mol. The van der Waals surface area contributed by atoms with E-state index in [0.717, 1.165) is 16.7 Å². The third-order valence-electron chi connectivity index (χ3n) is 3.74. The minimum Gasteiger partial charge on any atom is -0.497 e. The summed E-state index contributed by atoms with van der Waals surface area (Å²) in [5.41, 5.74) is 9.56. The highest BCUT2D eigenvalue weighted by Gasteiger charge is 2.33. The van der Waals surface area contributed by atoms with Gasteiger partial charge in [0.15, 0.2) is 0 Å². The van der Waals surface area contributed by atoms with Gasteiger partial charge < -0.3 is 15.6 Å². The first-order chi connectivity index (χ1) is 10.1. The summed E-state index contributed by atoms with van der Waals surface area (Å²) in [6.45, 7) is 0. The molecule has 21 heavy (non-hydrogen) atoms. The van der Waals surface area contributed by atoms with Gasteiger partial charge in [-0.2, -0.15) is 0 Å². The number of ether oxygens (including phenoxy) is 1. The zero-order valence-electron chi connectivity index (χ0n) is 11.5. The van der Waals surface area contributed by atoms with Gasteiger partial charge in [0, 0.05) is 5.57 Å². The van der Waals surface area contributed by atoms with Gasteiger partial charge in [0.1, 0.15) is 5.75 Å². The van der Waals surface area contributed by atoms with Crippen molar-refractivity contribution in [3.8, 4) is 5.75 Å². The maximum absolute atomic E-state index is 11.6. The molecular formula is C17H15NO3. The lowest BCUT2D eigenvalue weighted by Crippen LogP contribution is -2.16. The molecule has 0 saturated heterocycles. The summed E-state index contributed by atoms with van der Waals surface area (Å²) in [5.74, 6) is -0.320. The SMILES string of the molecule is COc1ccc2c(c1)C(N)C(C(=O)O)=C2c1ccccc1. The van der Waals surface area contributed by atoms with Crippen molar-refractivity contribution in [2.45, 2.75) is 6.04 Å². The standard InChI is InChI=1S/C17H15NO3/c1-21-11-7-8-12-13(9-11)16(18)15(17(19)20)14(12)10-5-3-2-4-6-10/h2-9,16H,18H2,1H3,(H,19,20). The Labute approximate surface area is 122 Å². The van der Waals surface area contributed by atoms with E-state index in [1.165, 1.54) is 0 Å². The van der Waals surface area contributed by atoms with Gasteiger partial charge in [-0.25, -0.2) is 4.79 Å². The Bertz CT molecular complexity index is 735. The maximum atomic E-state index is 11.6. The zero-order chi connectivity index (χ0) is 15.0. The van der Waals surface area contributed by atoms with Crippen molar-refractivity contribution in [1.82, 2.24) is 0 Å². The molecule has 4 nitrogen and oxygen atoms in total. The molecule has 1 aliphatic rings. The van der Waals surface area contributed by atoms with Crippen molar-refractivity contribution < 1.29 is 14.6 Å². The van der Waals surface area contributed by atoms with E-state index in [-0.39, 0.29) is 5.57 Å². The third kappa shape index (κ3) is 2.10. The first-order valence-electron chi connectivity index (χ1n) is 6.60. The number of fused-ring (bicyclic) bond motifs is 1. The minimum absolute atomic E-state index is 0.226. The number of nitrogens with two attached hydrogens (primary N) is 1. The monoisotopic (exact) mass is 281 g/mol. The molecular weight excluding hydrogens is 266 g/mol. The minimum atomic E-state index is -0.989. The van der Waals surface area contributed by atoms with Crippen LogP contribution in [0.15, 0.2) is 54.1 Å². The molecule has 1 aliphatic carbocycles. The molecule has 4 heteroatoms. The molecule has 0 aliphatic heterocycles. The lowest BCUT2D eigenvalue weighted by atomic mass is 9.97. The number of methoxy groups -OCH3 is 1.